The molecule has 0 aliphatic carbocycles. The van der Waals surface area contributed by atoms with Gasteiger partial charge in [-0.1, -0.05) is 18.2 Å². The van der Waals surface area contributed by atoms with Crippen LogP contribution in [0.15, 0.2) is 55.0 Å². The maximum absolute atomic E-state index is 12.4. The maximum Gasteiger partial charge on any atom is 0.196 e. The molecule has 0 aliphatic heterocycles. The Morgan fingerprint density at radius 2 is 1.83 bits per heavy atom. The molecule has 0 atom stereocenters. The Hall–Kier alpha value is -2.62. The number of pyridine rings is 1. The minimum Gasteiger partial charge on any atom is -0.288 e. The van der Waals surface area contributed by atoms with Crippen LogP contribution in [0.5, 0.6) is 0 Å². The lowest BCUT2D eigenvalue weighted by atomic mass is 10.0. The van der Waals surface area contributed by atoms with Crippen LogP contribution in [0.3, 0.4) is 0 Å². The van der Waals surface area contributed by atoms with Gasteiger partial charge in [0.05, 0.1) is 17.9 Å². The number of carbonyl (C=O) groups is 1. The summed E-state index contributed by atoms with van der Waals surface area (Å²) in [6.45, 7) is 0. The lowest BCUT2D eigenvalue weighted by molar-refractivity contribution is 0.103. The van der Waals surface area contributed by atoms with E-state index in [2.05, 4.69) is 15.2 Å². The molecule has 4 heteroatoms. The van der Waals surface area contributed by atoms with E-state index < -0.39 is 0 Å². The molecule has 0 saturated carbocycles. The summed E-state index contributed by atoms with van der Waals surface area (Å²) in [6.07, 6.45) is 4.65. The Bertz CT molecular complexity index is 705. The molecule has 0 bridgehead atoms. The average Bonchev–Trinajstić information content (AvgIpc) is 2.47. The van der Waals surface area contributed by atoms with Crippen molar-refractivity contribution in [1.29, 1.82) is 0 Å². The lowest BCUT2D eigenvalue weighted by Gasteiger charge is -2.04. The molecule has 0 spiro atoms. The van der Waals surface area contributed by atoms with Crippen LogP contribution in [0.1, 0.15) is 15.9 Å². The Morgan fingerprint density at radius 3 is 2.67 bits per heavy atom. The zero-order valence-electron chi connectivity index (χ0n) is 9.45. The third-order valence-electron chi connectivity index (χ3n) is 2.72. The van der Waals surface area contributed by atoms with Crippen molar-refractivity contribution in [2.45, 2.75) is 0 Å². The number of ketones is 1. The highest BCUT2D eigenvalue weighted by atomic mass is 16.1. The first-order valence-corrected chi connectivity index (χ1v) is 5.51. The van der Waals surface area contributed by atoms with Crippen LogP contribution in [-0.2, 0) is 0 Å². The van der Waals surface area contributed by atoms with Gasteiger partial charge in [-0.05, 0) is 18.2 Å². The van der Waals surface area contributed by atoms with E-state index in [1.807, 2.05) is 24.3 Å². The van der Waals surface area contributed by atoms with Crippen LogP contribution in [-0.4, -0.2) is 21.0 Å². The first-order chi connectivity index (χ1) is 8.86. The third-order valence-corrected chi connectivity index (χ3v) is 2.72. The minimum absolute atomic E-state index is 0.0887. The summed E-state index contributed by atoms with van der Waals surface area (Å²) >= 11 is 0. The van der Waals surface area contributed by atoms with Crippen LogP contribution < -0.4 is 0 Å². The number of carbonyl (C=O) groups excluding carboxylic acids is 1. The van der Waals surface area contributed by atoms with Gasteiger partial charge in [0, 0.05) is 22.7 Å². The molecule has 1 aromatic carbocycles. The molecular weight excluding hydrogens is 226 g/mol. The standard InChI is InChI=1S/C14H9N3O/c18-14(11-6-8-16-17-9-11)12-5-1-3-10-4-2-7-15-13(10)12/h1-9H. The number of hydrogen-bond donors (Lipinski definition) is 0. The highest BCUT2D eigenvalue weighted by Gasteiger charge is 2.12. The Balaban J connectivity index is 2.18. The van der Waals surface area contributed by atoms with Crippen LogP contribution in [0, 0.1) is 0 Å². The number of hydrogen-bond acceptors (Lipinski definition) is 4. The summed E-state index contributed by atoms with van der Waals surface area (Å²) in [6, 6.07) is 11.0. The van der Waals surface area contributed by atoms with Crippen LogP contribution in [0.4, 0.5) is 0 Å². The monoisotopic (exact) mass is 235 g/mol. The summed E-state index contributed by atoms with van der Waals surface area (Å²) < 4.78 is 0. The molecule has 0 radical (unpaired) electrons. The van der Waals surface area contributed by atoms with Gasteiger partial charge >= 0.3 is 0 Å². The van der Waals surface area contributed by atoms with E-state index in [9.17, 15) is 4.79 Å². The van der Waals surface area contributed by atoms with E-state index in [0.717, 1.165) is 5.39 Å². The lowest BCUT2D eigenvalue weighted by Crippen LogP contribution is -2.03. The van der Waals surface area contributed by atoms with Crippen molar-refractivity contribution < 1.29 is 4.79 Å². The van der Waals surface area contributed by atoms with E-state index in [0.29, 0.717) is 16.6 Å². The van der Waals surface area contributed by atoms with Crippen LogP contribution in [0.2, 0.25) is 0 Å². The first-order valence-electron chi connectivity index (χ1n) is 5.51. The van der Waals surface area contributed by atoms with E-state index in [-0.39, 0.29) is 5.78 Å². The van der Waals surface area contributed by atoms with Crippen molar-refractivity contribution in [2.75, 3.05) is 0 Å². The molecule has 0 fully saturated rings. The second-order valence-corrected chi connectivity index (χ2v) is 3.84. The van der Waals surface area contributed by atoms with Gasteiger partial charge in [0.1, 0.15) is 0 Å². The average molecular weight is 235 g/mol. The first kappa shape index (κ1) is 10.5. The maximum atomic E-state index is 12.4. The number of aromatic nitrogens is 3. The Kier molecular flexibility index (Phi) is 2.53. The molecule has 4 nitrogen and oxygen atoms in total. The Labute approximate surface area is 103 Å². The number of fused-ring (bicyclic) bond motifs is 1. The molecule has 0 aliphatic rings. The van der Waals surface area contributed by atoms with Crippen molar-refractivity contribution in [1.82, 2.24) is 15.2 Å². The minimum atomic E-state index is -0.0887. The predicted molar refractivity (Wildman–Crippen MR) is 67.2 cm³/mol. The van der Waals surface area contributed by atoms with Crippen molar-refractivity contribution in [2.24, 2.45) is 0 Å². The largest absolute Gasteiger partial charge is 0.288 e. The van der Waals surface area contributed by atoms with Gasteiger partial charge in [-0.2, -0.15) is 10.2 Å². The van der Waals surface area contributed by atoms with E-state index >= 15 is 0 Å². The summed E-state index contributed by atoms with van der Waals surface area (Å²) in [5.41, 5.74) is 1.81. The van der Waals surface area contributed by atoms with Gasteiger partial charge in [0.2, 0.25) is 0 Å². The van der Waals surface area contributed by atoms with E-state index in [1.165, 1.54) is 12.4 Å². The molecule has 3 aromatic rings. The van der Waals surface area contributed by atoms with Gasteiger partial charge in [-0.3, -0.25) is 9.78 Å². The molecule has 0 N–H and O–H groups in total. The molecule has 3 rings (SSSR count). The van der Waals surface area contributed by atoms with Gasteiger partial charge in [0.25, 0.3) is 0 Å². The third kappa shape index (κ3) is 1.73. The molecule has 18 heavy (non-hydrogen) atoms. The van der Waals surface area contributed by atoms with E-state index in [1.54, 1.807) is 18.3 Å². The van der Waals surface area contributed by atoms with Crippen molar-refractivity contribution >= 4 is 16.7 Å². The number of rotatable bonds is 2. The van der Waals surface area contributed by atoms with Gasteiger partial charge in [0.15, 0.2) is 5.78 Å². The number of nitrogens with zero attached hydrogens (tertiary/aromatic N) is 3. The molecule has 0 saturated heterocycles. The molecule has 2 heterocycles. The molecule has 0 amide bonds. The molecular formula is C14H9N3O. The van der Waals surface area contributed by atoms with Crippen LogP contribution in [0.25, 0.3) is 10.9 Å². The summed E-state index contributed by atoms with van der Waals surface area (Å²) in [5, 5.41) is 8.34. The summed E-state index contributed by atoms with van der Waals surface area (Å²) in [7, 11) is 0. The number of para-hydroxylation sites is 1. The van der Waals surface area contributed by atoms with Crippen LogP contribution >= 0.6 is 0 Å². The Morgan fingerprint density at radius 1 is 0.944 bits per heavy atom. The summed E-state index contributed by atoms with van der Waals surface area (Å²) in [5.74, 6) is -0.0887. The highest BCUT2D eigenvalue weighted by molar-refractivity contribution is 6.15. The van der Waals surface area contributed by atoms with Gasteiger partial charge < -0.3 is 0 Å². The van der Waals surface area contributed by atoms with Gasteiger partial charge in [-0.25, -0.2) is 0 Å². The van der Waals surface area contributed by atoms with E-state index in [4.69, 9.17) is 0 Å². The molecule has 2 aromatic heterocycles. The summed E-state index contributed by atoms with van der Waals surface area (Å²) in [4.78, 5) is 16.6. The quantitative estimate of drug-likeness (QED) is 0.639. The second-order valence-electron chi connectivity index (χ2n) is 3.84. The predicted octanol–water partition coefficient (Wildman–Crippen LogP) is 2.26. The second kappa shape index (κ2) is 4.33. The fourth-order valence-corrected chi connectivity index (χ4v) is 1.87. The normalized spacial score (nSPS) is 10.4. The van der Waals surface area contributed by atoms with Crippen molar-refractivity contribution in [3.05, 3.63) is 66.1 Å². The SMILES string of the molecule is O=C(c1ccnnc1)c1cccc2cccnc12. The topological polar surface area (TPSA) is 55.7 Å². The molecule has 0 unspecified atom stereocenters. The van der Waals surface area contributed by atoms with Crippen molar-refractivity contribution in [3.8, 4) is 0 Å². The zero-order valence-corrected chi connectivity index (χ0v) is 9.45. The highest BCUT2D eigenvalue weighted by Crippen LogP contribution is 2.18. The zero-order chi connectivity index (χ0) is 12.4. The van der Waals surface area contributed by atoms with Gasteiger partial charge in [-0.15, -0.1) is 0 Å². The fourth-order valence-electron chi connectivity index (χ4n) is 1.87. The molecule has 86 valence electrons. The fraction of sp³-hybridized carbons (Fsp3) is 0. The smallest absolute Gasteiger partial charge is 0.196 e. The van der Waals surface area contributed by atoms with Crippen molar-refractivity contribution in [3.63, 3.8) is 0 Å². The number of benzene rings is 1.